The first-order chi connectivity index (χ1) is 9.76. The molecule has 0 bridgehead atoms. The van der Waals surface area contributed by atoms with Gasteiger partial charge < -0.3 is 10.4 Å². The van der Waals surface area contributed by atoms with Gasteiger partial charge in [0.05, 0.1) is 6.04 Å². The number of phenols is 1. The number of aryl methyl sites for hydroxylation is 2. The Morgan fingerprint density at radius 2 is 1.95 bits per heavy atom. The van der Waals surface area contributed by atoms with Gasteiger partial charge in [-0.25, -0.2) is 0 Å². The fourth-order valence-corrected chi connectivity index (χ4v) is 2.97. The van der Waals surface area contributed by atoms with Crippen molar-refractivity contribution < 1.29 is 5.11 Å². The molecule has 0 fully saturated rings. The molecule has 0 saturated carbocycles. The molecule has 2 N–H and O–H groups in total. The van der Waals surface area contributed by atoms with Crippen LogP contribution in [0.3, 0.4) is 0 Å². The van der Waals surface area contributed by atoms with Gasteiger partial charge in [-0.05, 0) is 66.6 Å². The minimum Gasteiger partial charge on any atom is -0.508 e. The first-order valence-electron chi connectivity index (χ1n) is 7.43. The highest BCUT2D eigenvalue weighted by Crippen LogP contribution is 2.34. The van der Waals surface area contributed by atoms with Gasteiger partial charge in [-0.15, -0.1) is 0 Å². The maximum atomic E-state index is 9.71. The van der Waals surface area contributed by atoms with E-state index in [9.17, 15) is 5.11 Å². The predicted molar refractivity (Wildman–Crippen MR) is 83.2 cm³/mol. The van der Waals surface area contributed by atoms with Crippen LogP contribution in [0.4, 0.5) is 5.69 Å². The van der Waals surface area contributed by atoms with Crippen LogP contribution in [-0.4, -0.2) is 5.11 Å². The topological polar surface area (TPSA) is 32.3 Å². The van der Waals surface area contributed by atoms with E-state index in [4.69, 9.17) is 0 Å². The smallest absolute Gasteiger partial charge is 0.115 e. The van der Waals surface area contributed by atoms with Crippen LogP contribution in [0.25, 0.3) is 0 Å². The Hall–Kier alpha value is -1.96. The molecule has 2 aromatic carbocycles. The summed E-state index contributed by atoms with van der Waals surface area (Å²) in [6.07, 6.45) is 4.50. The van der Waals surface area contributed by atoms with Crippen molar-refractivity contribution in [3.05, 3.63) is 59.2 Å². The van der Waals surface area contributed by atoms with Crippen molar-refractivity contribution in [2.75, 3.05) is 5.32 Å². The molecule has 0 aliphatic heterocycles. The quantitative estimate of drug-likeness (QED) is 0.861. The Bertz CT molecular complexity index is 589. The lowest BCUT2D eigenvalue weighted by molar-refractivity contribution is 0.471. The van der Waals surface area contributed by atoms with Crippen molar-refractivity contribution >= 4 is 5.69 Å². The number of aromatic hydroxyl groups is 1. The SMILES string of the molecule is CCc1ccc(NC2CCCc3ccc(O)cc32)cc1. The number of rotatable bonds is 3. The lowest BCUT2D eigenvalue weighted by Gasteiger charge is -2.27. The number of anilines is 1. The summed E-state index contributed by atoms with van der Waals surface area (Å²) in [6.45, 7) is 2.17. The van der Waals surface area contributed by atoms with Gasteiger partial charge in [-0.2, -0.15) is 0 Å². The molecule has 2 heteroatoms. The standard InChI is InChI=1S/C18H21NO/c1-2-13-6-9-15(10-7-13)19-18-5-3-4-14-8-11-16(20)12-17(14)18/h6-12,18-20H,2-5H2,1H3. The van der Waals surface area contributed by atoms with Crippen LogP contribution in [-0.2, 0) is 12.8 Å². The summed E-state index contributed by atoms with van der Waals surface area (Å²) in [4.78, 5) is 0. The maximum absolute atomic E-state index is 9.71. The normalized spacial score (nSPS) is 17.6. The summed E-state index contributed by atoms with van der Waals surface area (Å²) in [5.74, 6) is 0.360. The summed E-state index contributed by atoms with van der Waals surface area (Å²) < 4.78 is 0. The van der Waals surface area contributed by atoms with E-state index >= 15 is 0 Å². The minimum atomic E-state index is 0.304. The molecule has 0 amide bonds. The van der Waals surface area contributed by atoms with Crippen molar-refractivity contribution in [2.45, 2.75) is 38.6 Å². The van der Waals surface area contributed by atoms with E-state index < -0.39 is 0 Å². The zero-order valence-electron chi connectivity index (χ0n) is 11.9. The fraction of sp³-hybridized carbons (Fsp3) is 0.333. The maximum Gasteiger partial charge on any atom is 0.115 e. The highest BCUT2D eigenvalue weighted by Gasteiger charge is 2.20. The summed E-state index contributed by atoms with van der Waals surface area (Å²) in [5.41, 5.74) is 5.12. The minimum absolute atomic E-state index is 0.304. The molecule has 1 unspecified atom stereocenters. The van der Waals surface area contributed by atoms with Gasteiger partial charge in [0, 0.05) is 5.69 Å². The molecule has 2 aromatic rings. The van der Waals surface area contributed by atoms with Gasteiger partial charge >= 0.3 is 0 Å². The third-order valence-corrected chi connectivity index (χ3v) is 4.15. The summed E-state index contributed by atoms with van der Waals surface area (Å²) in [5, 5.41) is 13.3. The molecule has 1 atom stereocenters. The van der Waals surface area contributed by atoms with Crippen molar-refractivity contribution in [3.63, 3.8) is 0 Å². The van der Waals surface area contributed by atoms with Crippen LogP contribution in [0.5, 0.6) is 5.75 Å². The molecule has 1 aliphatic rings. The lowest BCUT2D eigenvalue weighted by atomic mass is 9.87. The molecule has 104 valence electrons. The molecule has 20 heavy (non-hydrogen) atoms. The van der Waals surface area contributed by atoms with Gasteiger partial charge in [0.2, 0.25) is 0 Å². The monoisotopic (exact) mass is 267 g/mol. The average Bonchev–Trinajstić information content (AvgIpc) is 2.49. The Labute approximate surface area is 120 Å². The van der Waals surface area contributed by atoms with E-state index in [0.29, 0.717) is 11.8 Å². The highest BCUT2D eigenvalue weighted by molar-refractivity contribution is 5.49. The number of nitrogens with one attached hydrogen (secondary N) is 1. The van der Waals surface area contributed by atoms with Crippen molar-refractivity contribution in [2.24, 2.45) is 0 Å². The summed E-state index contributed by atoms with van der Waals surface area (Å²) in [6, 6.07) is 14.7. The molecule has 2 nitrogen and oxygen atoms in total. The molecule has 0 radical (unpaired) electrons. The third-order valence-electron chi connectivity index (χ3n) is 4.15. The highest BCUT2D eigenvalue weighted by atomic mass is 16.3. The van der Waals surface area contributed by atoms with Gasteiger partial charge in [-0.1, -0.05) is 25.1 Å². The molecule has 0 aromatic heterocycles. The van der Waals surface area contributed by atoms with Gasteiger partial charge in [0.25, 0.3) is 0 Å². The number of phenolic OH excluding ortho intramolecular Hbond substituents is 1. The van der Waals surface area contributed by atoms with Crippen molar-refractivity contribution in [3.8, 4) is 5.75 Å². The lowest BCUT2D eigenvalue weighted by Crippen LogP contribution is -2.17. The van der Waals surface area contributed by atoms with Crippen molar-refractivity contribution in [1.82, 2.24) is 0 Å². The first kappa shape index (κ1) is 13.0. The number of benzene rings is 2. The van der Waals surface area contributed by atoms with Crippen LogP contribution in [0.1, 0.15) is 42.5 Å². The van der Waals surface area contributed by atoms with Crippen LogP contribution in [0, 0.1) is 0 Å². The van der Waals surface area contributed by atoms with E-state index in [2.05, 4.69) is 42.6 Å². The van der Waals surface area contributed by atoms with E-state index in [0.717, 1.165) is 24.9 Å². The first-order valence-corrected chi connectivity index (χ1v) is 7.43. The Morgan fingerprint density at radius 3 is 2.70 bits per heavy atom. The van der Waals surface area contributed by atoms with Crippen LogP contribution < -0.4 is 5.32 Å². The molecule has 1 aliphatic carbocycles. The molecular weight excluding hydrogens is 246 g/mol. The fourth-order valence-electron chi connectivity index (χ4n) is 2.97. The third kappa shape index (κ3) is 2.64. The van der Waals surface area contributed by atoms with E-state index in [1.165, 1.54) is 23.1 Å². The zero-order chi connectivity index (χ0) is 13.9. The van der Waals surface area contributed by atoms with Crippen molar-refractivity contribution in [1.29, 1.82) is 0 Å². The molecule has 0 spiro atoms. The number of hydrogen-bond acceptors (Lipinski definition) is 2. The second kappa shape index (κ2) is 5.58. The predicted octanol–water partition coefficient (Wildman–Crippen LogP) is 4.44. The Morgan fingerprint density at radius 1 is 1.15 bits per heavy atom. The van der Waals surface area contributed by atoms with Gasteiger partial charge in [-0.3, -0.25) is 0 Å². The second-order valence-corrected chi connectivity index (χ2v) is 5.52. The van der Waals surface area contributed by atoms with E-state index in [1.54, 1.807) is 6.07 Å². The zero-order valence-corrected chi connectivity index (χ0v) is 11.9. The summed E-state index contributed by atoms with van der Waals surface area (Å²) >= 11 is 0. The molecule has 0 saturated heterocycles. The molecule has 0 heterocycles. The number of hydrogen-bond donors (Lipinski definition) is 2. The van der Waals surface area contributed by atoms with Crippen LogP contribution in [0.15, 0.2) is 42.5 Å². The molecular formula is C18H21NO. The van der Waals surface area contributed by atoms with Gasteiger partial charge in [0.15, 0.2) is 0 Å². The van der Waals surface area contributed by atoms with Crippen LogP contribution >= 0.6 is 0 Å². The Kier molecular flexibility index (Phi) is 3.64. The molecule has 3 rings (SSSR count). The van der Waals surface area contributed by atoms with Crippen LogP contribution in [0.2, 0.25) is 0 Å². The Balaban J connectivity index is 1.83. The summed E-state index contributed by atoms with van der Waals surface area (Å²) in [7, 11) is 0. The average molecular weight is 267 g/mol. The van der Waals surface area contributed by atoms with E-state index in [-0.39, 0.29) is 0 Å². The second-order valence-electron chi connectivity index (χ2n) is 5.52. The van der Waals surface area contributed by atoms with Gasteiger partial charge in [0.1, 0.15) is 5.75 Å². The largest absolute Gasteiger partial charge is 0.508 e. The number of fused-ring (bicyclic) bond motifs is 1. The van der Waals surface area contributed by atoms with E-state index in [1.807, 2.05) is 6.07 Å².